The molecule has 4 heterocycles. The van der Waals surface area contributed by atoms with Gasteiger partial charge in [-0.15, -0.1) is 0 Å². The third-order valence-electron chi connectivity index (χ3n) is 5.88. The first-order chi connectivity index (χ1) is 13.7. The van der Waals surface area contributed by atoms with Crippen LogP contribution in [-0.2, 0) is 4.74 Å². The molecule has 2 saturated heterocycles. The topological polar surface area (TPSA) is 84.9 Å². The quantitative estimate of drug-likeness (QED) is 0.744. The van der Waals surface area contributed by atoms with Crippen molar-refractivity contribution in [2.75, 3.05) is 46.4 Å². The highest BCUT2D eigenvalue weighted by Gasteiger charge is 2.33. The van der Waals surface area contributed by atoms with Crippen LogP contribution in [0, 0.1) is 0 Å². The SMILES string of the molecule is COc1c(OCCCN2CC3CCC(C2)O3)ccc2c1N=C(N)N1CCN=C21. The number of benzene rings is 1. The van der Waals surface area contributed by atoms with Crippen molar-refractivity contribution in [2.24, 2.45) is 15.7 Å². The Hall–Kier alpha value is -2.32. The van der Waals surface area contributed by atoms with E-state index in [1.165, 1.54) is 12.8 Å². The van der Waals surface area contributed by atoms with Crippen LogP contribution in [0.25, 0.3) is 0 Å². The molecule has 0 spiro atoms. The van der Waals surface area contributed by atoms with Crippen LogP contribution >= 0.6 is 0 Å². The van der Waals surface area contributed by atoms with Crippen molar-refractivity contribution in [1.82, 2.24) is 9.80 Å². The molecule has 5 rings (SSSR count). The highest BCUT2D eigenvalue weighted by Crippen LogP contribution is 2.43. The molecule has 4 aliphatic rings. The molecule has 4 aliphatic heterocycles. The molecular formula is C20H27N5O3. The van der Waals surface area contributed by atoms with Gasteiger partial charge < -0.3 is 19.9 Å². The molecule has 8 nitrogen and oxygen atoms in total. The maximum Gasteiger partial charge on any atom is 0.202 e. The Balaban J connectivity index is 1.25. The zero-order chi connectivity index (χ0) is 19.1. The number of guanidine groups is 1. The summed E-state index contributed by atoms with van der Waals surface area (Å²) in [4.78, 5) is 13.6. The molecule has 2 unspecified atom stereocenters. The van der Waals surface area contributed by atoms with Crippen LogP contribution in [-0.4, -0.2) is 80.2 Å². The predicted octanol–water partition coefficient (Wildman–Crippen LogP) is 1.35. The third-order valence-corrected chi connectivity index (χ3v) is 5.88. The third kappa shape index (κ3) is 3.10. The van der Waals surface area contributed by atoms with Crippen molar-refractivity contribution in [3.8, 4) is 11.5 Å². The van der Waals surface area contributed by atoms with E-state index >= 15 is 0 Å². The van der Waals surface area contributed by atoms with Crippen LogP contribution in [0.4, 0.5) is 5.69 Å². The number of fused-ring (bicyclic) bond motifs is 5. The van der Waals surface area contributed by atoms with E-state index in [4.69, 9.17) is 19.9 Å². The smallest absolute Gasteiger partial charge is 0.202 e. The van der Waals surface area contributed by atoms with Crippen LogP contribution in [0.2, 0.25) is 0 Å². The average Bonchev–Trinajstić information content (AvgIpc) is 3.32. The van der Waals surface area contributed by atoms with Crippen LogP contribution in [0.3, 0.4) is 0 Å². The van der Waals surface area contributed by atoms with Gasteiger partial charge in [0.25, 0.3) is 0 Å². The van der Waals surface area contributed by atoms with Gasteiger partial charge in [0.15, 0.2) is 11.5 Å². The first kappa shape index (κ1) is 17.8. The van der Waals surface area contributed by atoms with E-state index in [1.54, 1.807) is 7.11 Å². The molecule has 0 radical (unpaired) electrons. The Morgan fingerprint density at radius 3 is 2.86 bits per heavy atom. The largest absolute Gasteiger partial charge is 0.491 e. The van der Waals surface area contributed by atoms with E-state index in [-0.39, 0.29) is 0 Å². The van der Waals surface area contributed by atoms with Crippen molar-refractivity contribution < 1.29 is 14.2 Å². The second-order valence-electron chi connectivity index (χ2n) is 7.74. The molecule has 2 fully saturated rings. The number of amidine groups is 1. The summed E-state index contributed by atoms with van der Waals surface area (Å²) in [5, 5.41) is 0. The normalized spacial score (nSPS) is 25.8. The summed E-state index contributed by atoms with van der Waals surface area (Å²) < 4.78 is 17.6. The summed E-state index contributed by atoms with van der Waals surface area (Å²) in [7, 11) is 1.64. The van der Waals surface area contributed by atoms with Gasteiger partial charge in [0.05, 0.1) is 32.5 Å². The molecule has 0 aliphatic carbocycles. The summed E-state index contributed by atoms with van der Waals surface area (Å²) in [6.45, 7) is 5.26. The van der Waals surface area contributed by atoms with Gasteiger partial charge in [-0.25, -0.2) is 4.99 Å². The number of likely N-dealkylation sites (tertiary alicyclic amines) is 1. The molecule has 0 amide bonds. The highest BCUT2D eigenvalue weighted by atomic mass is 16.5. The Bertz CT molecular complexity index is 812. The number of methoxy groups -OCH3 is 1. The summed E-state index contributed by atoms with van der Waals surface area (Å²) in [5.41, 5.74) is 7.77. The number of rotatable bonds is 6. The first-order valence-corrected chi connectivity index (χ1v) is 10.1. The Morgan fingerprint density at radius 2 is 2.07 bits per heavy atom. The Kier molecular flexibility index (Phi) is 4.60. The lowest BCUT2D eigenvalue weighted by Crippen LogP contribution is -2.43. The number of nitrogens with zero attached hydrogens (tertiary/aromatic N) is 4. The van der Waals surface area contributed by atoms with E-state index in [9.17, 15) is 0 Å². The van der Waals surface area contributed by atoms with Gasteiger partial charge >= 0.3 is 0 Å². The Morgan fingerprint density at radius 1 is 1.25 bits per heavy atom. The van der Waals surface area contributed by atoms with Gasteiger partial charge in [-0.1, -0.05) is 0 Å². The lowest BCUT2D eigenvalue weighted by molar-refractivity contribution is -0.0391. The van der Waals surface area contributed by atoms with Crippen molar-refractivity contribution in [3.05, 3.63) is 17.7 Å². The molecule has 0 saturated carbocycles. The van der Waals surface area contributed by atoms with Crippen LogP contribution < -0.4 is 15.2 Å². The van der Waals surface area contributed by atoms with Gasteiger partial charge in [-0.3, -0.25) is 14.8 Å². The van der Waals surface area contributed by atoms with E-state index < -0.39 is 0 Å². The fourth-order valence-electron chi connectivity index (χ4n) is 4.58. The molecule has 150 valence electrons. The molecule has 0 aromatic heterocycles. The van der Waals surface area contributed by atoms with E-state index in [0.29, 0.717) is 42.0 Å². The van der Waals surface area contributed by atoms with Crippen molar-refractivity contribution in [1.29, 1.82) is 0 Å². The van der Waals surface area contributed by atoms with Crippen LogP contribution in [0.15, 0.2) is 22.1 Å². The number of aliphatic imine (C=N–C) groups is 2. The van der Waals surface area contributed by atoms with E-state index in [1.807, 2.05) is 17.0 Å². The van der Waals surface area contributed by atoms with Gasteiger partial charge in [-0.05, 0) is 31.4 Å². The average molecular weight is 385 g/mol. The maximum atomic E-state index is 6.12. The van der Waals surface area contributed by atoms with Gasteiger partial charge in [0, 0.05) is 31.7 Å². The summed E-state index contributed by atoms with van der Waals surface area (Å²) in [6.07, 6.45) is 4.24. The molecule has 2 atom stereocenters. The number of morpholine rings is 1. The van der Waals surface area contributed by atoms with Gasteiger partial charge in [-0.2, -0.15) is 0 Å². The molecule has 2 N–H and O–H groups in total. The molecule has 1 aromatic rings. The lowest BCUT2D eigenvalue weighted by Gasteiger charge is -2.32. The van der Waals surface area contributed by atoms with Gasteiger partial charge in [0.2, 0.25) is 5.96 Å². The summed E-state index contributed by atoms with van der Waals surface area (Å²) in [6, 6.07) is 3.95. The monoisotopic (exact) mass is 385 g/mol. The molecule has 28 heavy (non-hydrogen) atoms. The minimum atomic E-state index is 0.432. The predicted molar refractivity (Wildman–Crippen MR) is 107 cm³/mol. The van der Waals surface area contributed by atoms with Crippen LogP contribution in [0.5, 0.6) is 11.5 Å². The molecule has 2 bridgehead atoms. The Labute approximate surface area is 165 Å². The minimum absolute atomic E-state index is 0.432. The maximum absolute atomic E-state index is 6.12. The molecule has 1 aromatic carbocycles. The molecule has 8 heteroatoms. The number of nitrogens with two attached hydrogens (primary N) is 1. The zero-order valence-corrected chi connectivity index (χ0v) is 16.3. The first-order valence-electron chi connectivity index (χ1n) is 10.1. The standard InChI is InChI=1S/C20H27N5O3/c1-26-18-16(27-10-2-8-24-11-13-3-4-14(12-24)28-13)6-5-15-17(18)23-20(21)25-9-7-22-19(15)25/h5-6,13-14H,2-4,7-12H2,1H3,(H2,21,23). The number of hydrogen-bond donors (Lipinski definition) is 1. The zero-order valence-electron chi connectivity index (χ0n) is 16.3. The van der Waals surface area contributed by atoms with Crippen LogP contribution in [0.1, 0.15) is 24.8 Å². The van der Waals surface area contributed by atoms with Crippen molar-refractivity contribution >= 4 is 17.5 Å². The van der Waals surface area contributed by atoms with E-state index in [2.05, 4.69) is 14.9 Å². The number of ether oxygens (including phenoxy) is 3. The van der Waals surface area contributed by atoms with Crippen molar-refractivity contribution in [3.63, 3.8) is 0 Å². The minimum Gasteiger partial charge on any atom is -0.491 e. The van der Waals surface area contributed by atoms with Crippen molar-refractivity contribution in [2.45, 2.75) is 31.5 Å². The number of hydrogen-bond acceptors (Lipinski definition) is 8. The second kappa shape index (κ2) is 7.25. The fourth-order valence-corrected chi connectivity index (χ4v) is 4.58. The summed E-state index contributed by atoms with van der Waals surface area (Å²) in [5.74, 6) is 2.65. The lowest BCUT2D eigenvalue weighted by atomic mass is 10.1. The fraction of sp³-hybridized carbons (Fsp3) is 0.600. The second-order valence-corrected chi connectivity index (χ2v) is 7.74. The summed E-state index contributed by atoms with van der Waals surface area (Å²) >= 11 is 0. The van der Waals surface area contributed by atoms with Gasteiger partial charge in [0.1, 0.15) is 11.5 Å². The molecular weight excluding hydrogens is 358 g/mol. The highest BCUT2D eigenvalue weighted by molar-refractivity contribution is 6.16. The van der Waals surface area contributed by atoms with E-state index in [0.717, 1.165) is 50.5 Å².